The number of carbonyl (C=O) groups is 1. The summed E-state index contributed by atoms with van der Waals surface area (Å²) in [5.41, 5.74) is 2.53. The summed E-state index contributed by atoms with van der Waals surface area (Å²) in [7, 11) is 0. The first kappa shape index (κ1) is 14.5. The second kappa shape index (κ2) is 6.16. The molecule has 120 valence electrons. The fourth-order valence-electron chi connectivity index (χ4n) is 3.66. The van der Waals surface area contributed by atoms with E-state index >= 15 is 0 Å². The predicted molar refractivity (Wildman–Crippen MR) is 87.9 cm³/mol. The summed E-state index contributed by atoms with van der Waals surface area (Å²) in [6.07, 6.45) is 4.85. The van der Waals surface area contributed by atoms with Crippen LogP contribution in [0.4, 0.5) is 0 Å². The van der Waals surface area contributed by atoms with Crippen molar-refractivity contribution in [3.8, 4) is 0 Å². The molecule has 0 saturated carbocycles. The lowest BCUT2D eigenvalue weighted by Gasteiger charge is -2.29. The van der Waals surface area contributed by atoms with E-state index in [1.54, 1.807) is 0 Å². The van der Waals surface area contributed by atoms with Crippen molar-refractivity contribution in [1.29, 1.82) is 0 Å². The maximum atomic E-state index is 12.6. The van der Waals surface area contributed by atoms with E-state index in [0.29, 0.717) is 19.0 Å². The lowest BCUT2D eigenvalue weighted by molar-refractivity contribution is -0.133. The standard InChI is InChI=1S/C18H22N4O/c23-18(21-8-9-22-14-19-10-17(22)12-21)13-20-7-6-16(11-20)15-4-2-1-3-5-15/h1-5,10,14,16H,6-9,11-13H2/t16-/m1/s1. The largest absolute Gasteiger partial charge is 0.334 e. The Balaban J connectivity index is 1.34. The van der Waals surface area contributed by atoms with E-state index in [-0.39, 0.29) is 5.91 Å². The summed E-state index contributed by atoms with van der Waals surface area (Å²) in [5.74, 6) is 0.804. The van der Waals surface area contributed by atoms with Crippen molar-refractivity contribution < 1.29 is 4.79 Å². The van der Waals surface area contributed by atoms with Crippen LogP contribution in [0.2, 0.25) is 0 Å². The zero-order chi connectivity index (χ0) is 15.6. The first-order chi connectivity index (χ1) is 11.3. The second-order valence-corrected chi connectivity index (χ2v) is 6.53. The Morgan fingerprint density at radius 3 is 2.91 bits per heavy atom. The first-order valence-corrected chi connectivity index (χ1v) is 8.33. The predicted octanol–water partition coefficient (Wildman–Crippen LogP) is 1.71. The van der Waals surface area contributed by atoms with Crippen LogP contribution in [0, 0.1) is 0 Å². The van der Waals surface area contributed by atoms with Gasteiger partial charge < -0.3 is 9.47 Å². The van der Waals surface area contributed by atoms with Crippen LogP contribution < -0.4 is 0 Å². The van der Waals surface area contributed by atoms with Crippen LogP contribution in [0.15, 0.2) is 42.9 Å². The number of rotatable bonds is 3. The van der Waals surface area contributed by atoms with Crippen molar-refractivity contribution in [2.75, 3.05) is 26.2 Å². The van der Waals surface area contributed by atoms with Gasteiger partial charge in [-0.05, 0) is 24.4 Å². The fourth-order valence-corrected chi connectivity index (χ4v) is 3.66. The minimum Gasteiger partial charge on any atom is -0.334 e. The minimum atomic E-state index is 0.242. The molecular weight excluding hydrogens is 288 g/mol. The molecule has 0 radical (unpaired) electrons. The number of benzene rings is 1. The number of likely N-dealkylation sites (tertiary alicyclic amines) is 1. The smallest absolute Gasteiger partial charge is 0.237 e. The summed E-state index contributed by atoms with van der Waals surface area (Å²) < 4.78 is 2.13. The Kier molecular flexibility index (Phi) is 3.87. The zero-order valence-corrected chi connectivity index (χ0v) is 13.3. The van der Waals surface area contributed by atoms with Crippen molar-refractivity contribution in [3.63, 3.8) is 0 Å². The SMILES string of the molecule is O=C(CN1CC[C@@H](c2ccccc2)C1)N1CCn2cncc2C1. The molecule has 0 spiro atoms. The van der Waals surface area contributed by atoms with Crippen molar-refractivity contribution in [3.05, 3.63) is 54.1 Å². The molecule has 2 aromatic rings. The van der Waals surface area contributed by atoms with E-state index in [1.165, 1.54) is 5.56 Å². The van der Waals surface area contributed by atoms with Crippen LogP contribution >= 0.6 is 0 Å². The van der Waals surface area contributed by atoms with Gasteiger partial charge in [-0.1, -0.05) is 30.3 Å². The topological polar surface area (TPSA) is 41.4 Å². The van der Waals surface area contributed by atoms with Gasteiger partial charge in [0.05, 0.1) is 25.1 Å². The number of fused-ring (bicyclic) bond motifs is 1. The molecule has 5 nitrogen and oxygen atoms in total. The number of aromatic nitrogens is 2. The maximum absolute atomic E-state index is 12.6. The highest BCUT2D eigenvalue weighted by Gasteiger charge is 2.28. The molecule has 23 heavy (non-hydrogen) atoms. The van der Waals surface area contributed by atoms with Crippen molar-refractivity contribution in [2.24, 2.45) is 0 Å². The van der Waals surface area contributed by atoms with E-state index in [2.05, 4.69) is 44.8 Å². The van der Waals surface area contributed by atoms with Gasteiger partial charge in [0, 0.05) is 25.8 Å². The second-order valence-electron chi connectivity index (χ2n) is 6.53. The third-order valence-electron chi connectivity index (χ3n) is 5.02. The van der Waals surface area contributed by atoms with Gasteiger partial charge in [-0.15, -0.1) is 0 Å². The molecule has 1 aromatic carbocycles. The van der Waals surface area contributed by atoms with E-state index in [1.807, 2.05) is 17.4 Å². The highest BCUT2D eigenvalue weighted by atomic mass is 16.2. The van der Waals surface area contributed by atoms with Gasteiger partial charge >= 0.3 is 0 Å². The van der Waals surface area contributed by atoms with Gasteiger partial charge in [-0.25, -0.2) is 4.98 Å². The molecule has 1 atom stereocenters. The van der Waals surface area contributed by atoms with Crippen molar-refractivity contribution in [2.45, 2.75) is 25.4 Å². The highest BCUT2D eigenvalue weighted by molar-refractivity contribution is 5.78. The number of hydrogen-bond donors (Lipinski definition) is 0. The fraction of sp³-hybridized carbons (Fsp3) is 0.444. The number of nitrogens with zero attached hydrogens (tertiary/aromatic N) is 4. The van der Waals surface area contributed by atoms with Crippen LogP contribution in [0.3, 0.4) is 0 Å². The monoisotopic (exact) mass is 310 g/mol. The molecule has 1 saturated heterocycles. The molecular formula is C18H22N4O. The Labute approximate surface area is 136 Å². The summed E-state index contributed by atoms with van der Waals surface area (Å²) in [5, 5.41) is 0. The van der Waals surface area contributed by atoms with Gasteiger partial charge in [-0.2, -0.15) is 0 Å². The molecule has 2 aliphatic rings. The Hall–Kier alpha value is -2.14. The molecule has 2 aliphatic heterocycles. The van der Waals surface area contributed by atoms with Crippen molar-refractivity contribution in [1.82, 2.24) is 19.4 Å². The van der Waals surface area contributed by atoms with Crippen LogP contribution in [0.1, 0.15) is 23.6 Å². The van der Waals surface area contributed by atoms with Crippen LogP contribution in [-0.4, -0.2) is 51.4 Å². The molecule has 3 heterocycles. The molecule has 1 aromatic heterocycles. The van der Waals surface area contributed by atoms with E-state index < -0.39 is 0 Å². The van der Waals surface area contributed by atoms with E-state index in [0.717, 1.165) is 38.3 Å². The normalized spacial score (nSPS) is 21.4. The molecule has 0 N–H and O–H groups in total. The third-order valence-corrected chi connectivity index (χ3v) is 5.02. The summed E-state index contributed by atoms with van der Waals surface area (Å²) >= 11 is 0. The van der Waals surface area contributed by atoms with Gasteiger partial charge in [-0.3, -0.25) is 9.69 Å². The Bertz CT molecular complexity index is 681. The first-order valence-electron chi connectivity index (χ1n) is 8.33. The van der Waals surface area contributed by atoms with Gasteiger partial charge in [0.15, 0.2) is 0 Å². The molecule has 0 unspecified atom stereocenters. The average molecular weight is 310 g/mol. The van der Waals surface area contributed by atoms with E-state index in [9.17, 15) is 4.79 Å². The third kappa shape index (κ3) is 3.01. The highest BCUT2D eigenvalue weighted by Crippen LogP contribution is 2.26. The van der Waals surface area contributed by atoms with Crippen LogP contribution in [-0.2, 0) is 17.9 Å². The molecule has 0 bridgehead atoms. The number of imidazole rings is 1. The zero-order valence-electron chi connectivity index (χ0n) is 13.3. The summed E-state index contributed by atoms with van der Waals surface area (Å²) in [4.78, 5) is 21.0. The molecule has 0 aliphatic carbocycles. The molecule has 1 fully saturated rings. The quantitative estimate of drug-likeness (QED) is 0.867. The molecule has 1 amide bonds. The average Bonchev–Trinajstić information content (AvgIpc) is 3.24. The van der Waals surface area contributed by atoms with Gasteiger partial charge in [0.1, 0.15) is 0 Å². The lowest BCUT2D eigenvalue weighted by Crippen LogP contribution is -2.43. The Morgan fingerprint density at radius 1 is 1.17 bits per heavy atom. The van der Waals surface area contributed by atoms with Crippen molar-refractivity contribution >= 4 is 5.91 Å². The van der Waals surface area contributed by atoms with Crippen LogP contribution in [0.25, 0.3) is 0 Å². The summed E-state index contributed by atoms with van der Waals surface area (Å²) in [6.45, 7) is 4.87. The lowest BCUT2D eigenvalue weighted by atomic mass is 9.99. The number of hydrogen-bond acceptors (Lipinski definition) is 3. The number of amides is 1. The summed E-state index contributed by atoms with van der Waals surface area (Å²) in [6, 6.07) is 10.6. The van der Waals surface area contributed by atoms with Crippen LogP contribution in [0.5, 0.6) is 0 Å². The van der Waals surface area contributed by atoms with E-state index in [4.69, 9.17) is 0 Å². The Morgan fingerprint density at radius 2 is 2.04 bits per heavy atom. The van der Waals surface area contributed by atoms with Gasteiger partial charge in [0.2, 0.25) is 5.91 Å². The molecule has 4 rings (SSSR count). The number of carbonyl (C=O) groups excluding carboxylic acids is 1. The van der Waals surface area contributed by atoms with Gasteiger partial charge in [0.25, 0.3) is 0 Å². The maximum Gasteiger partial charge on any atom is 0.237 e. The minimum absolute atomic E-state index is 0.242. The molecule has 5 heteroatoms.